The summed E-state index contributed by atoms with van der Waals surface area (Å²) < 4.78 is 10.6. The molecule has 0 radical (unpaired) electrons. The van der Waals surface area contributed by atoms with Crippen LogP contribution in [-0.2, 0) is 23.9 Å². The second-order valence-corrected chi connectivity index (χ2v) is 10.2. The molecule has 1 aromatic rings. The Morgan fingerprint density at radius 3 is 2.47 bits per heavy atom. The highest BCUT2D eigenvalue weighted by Crippen LogP contribution is 2.45. The van der Waals surface area contributed by atoms with Crippen molar-refractivity contribution in [3.05, 3.63) is 52.4 Å². The zero-order valence-electron chi connectivity index (χ0n) is 20.8. The number of anilines is 1. The molecule has 0 bridgehead atoms. The number of carbonyl (C=O) groups is 3. The number of ketones is 1. The number of esters is 2. The summed E-state index contributed by atoms with van der Waals surface area (Å²) in [5, 5.41) is 3.29. The van der Waals surface area contributed by atoms with Gasteiger partial charge in [0.15, 0.2) is 5.78 Å². The fraction of sp³-hybridized carbons (Fsp3) is 0.500. The first-order valence-corrected chi connectivity index (χ1v) is 12.7. The summed E-state index contributed by atoms with van der Waals surface area (Å²) >= 11 is 1.70. The molecule has 3 atom stereocenters. The van der Waals surface area contributed by atoms with Crippen LogP contribution in [-0.4, -0.2) is 57.0 Å². The van der Waals surface area contributed by atoms with E-state index in [1.165, 1.54) is 7.11 Å². The van der Waals surface area contributed by atoms with Crippen LogP contribution >= 0.6 is 11.8 Å². The molecule has 184 valence electrons. The number of allylic oxidation sites excluding steroid dienone is 3. The number of Topliss-reactive ketones (excluding diaryl/α,β-unsaturated/α-hetero) is 1. The molecule has 2 aliphatic rings. The van der Waals surface area contributed by atoms with Crippen LogP contribution in [0, 0.1) is 11.8 Å². The minimum Gasteiger partial charge on any atom is -0.468 e. The van der Waals surface area contributed by atoms with Crippen molar-refractivity contribution in [1.82, 2.24) is 5.32 Å². The third-order valence-corrected chi connectivity index (χ3v) is 7.23. The number of methoxy groups -OCH3 is 1. The molecule has 0 saturated carbocycles. The summed E-state index contributed by atoms with van der Waals surface area (Å²) in [5.74, 6) is -1.37. The third-order valence-electron chi connectivity index (χ3n) is 6.37. The van der Waals surface area contributed by atoms with Gasteiger partial charge in [-0.1, -0.05) is 26.0 Å². The Morgan fingerprint density at radius 2 is 1.88 bits per heavy atom. The number of nitrogens with zero attached hydrogens (tertiary/aromatic N) is 1. The van der Waals surface area contributed by atoms with E-state index >= 15 is 0 Å². The molecule has 3 rings (SSSR count). The summed E-state index contributed by atoms with van der Waals surface area (Å²) in [4.78, 5) is 41.5. The number of benzene rings is 1. The summed E-state index contributed by atoms with van der Waals surface area (Å²) in [5.41, 5.74) is 4.10. The van der Waals surface area contributed by atoms with Crippen molar-refractivity contribution in [1.29, 1.82) is 0 Å². The molecule has 0 unspecified atom stereocenters. The van der Waals surface area contributed by atoms with Gasteiger partial charge in [0.25, 0.3) is 0 Å². The Bertz CT molecular complexity index is 1010. The zero-order valence-corrected chi connectivity index (χ0v) is 21.6. The molecule has 8 heteroatoms. The first-order chi connectivity index (χ1) is 16.2. The lowest BCUT2D eigenvalue weighted by molar-refractivity contribution is -0.151. The standard InChI is InChI=1S/C26H34N2O5S/c1-7-34-13-12-33-26(31)21-16(3)27-19-14-15(2)20(25(30)32-6)24(29)23(19)22(21)17-8-10-18(11-9-17)28(4)5/h8-11,15,20,22,27H,7,12-14H2,1-6H3/t15-,20+,22+/m1/s1. The topological polar surface area (TPSA) is 84.9 Å². The Labute approximate surface area is 205 Å². The number of carbonyl (C=O) groups excluding carboxylic acids is 3. The molecule has 0 aromatic heterocycles. The van der Waals surface area contributed by atoms with Gasteiger partial charge in [-0.25, -0.2) is 4.79 Å². The van der Waals surface area contributed by atoms with E-state index in [-0.39, 0.29) is 11.7 Å². The molecule has 1 aliphatic heterocycles. The number of hydrogen-bond acceptors (Lipinski definition) is 8. The van der Waals surface area contributed by atoms with Crippen molar-refractivity contribution in [2.24, 2.45) is 11.8 Å². The number of ether oxygens (including phenoxy) is 2. The van der Waals surface area contributed by atoms with Crippen LogP contribution in [0.15, 0.2) is 46.8 Å². The van der Waals surface area contributed by atoms with Gasteiger partial charge in [-0.15, -0.1) is 0 Å². The minimum atomic E-state index is -0.897. The van der Waals surface area contributed by atoms with Gasteiger partial charge < -0.3 is 19.7 Å². The van der Waals surface area contributed by atoms with E-state index in [1.807, 2.05) is 57.1 Å². The predicted molar refractivity (Wildman–Crippen MR) is 135 cm³/mol. The van der Waals surface area contributed by atoms with Crippen molar-refractivity contribution in [2.75, 3.05) is 44.2 Å². The lowest BCUT2D eigenvalue weighted by Crippen LogP contribution is -2.43. The molecular formula is C26H34N2O5S. The van der Waals surface area contributed by atoms with Crippen molar-refractivity contribution in [2.45, 2.75) is 33.1 Å². The molecule has 34 heavy (non-hydrogen) atoms. The average molecular weight is 487 g/mol. The van der Waals surface area contributed by atoms with Crippen molar-refractivity contribution >= 4 is 35.2 Å². The maximum atomic E-state index is 13.7. The van der Waals surface area contributed by atoms with Crippen LogP contribution < -0.4 is 10.2 Å². The van der Waals surface area contributed by atoms with Gasteiger partial charge in [0.1, 0.15) is 12.5 Å². The number of rotatable bonds is 8. The van der Waals surface area contributed by atoms with Crippen LogP contribution in [0.4, 0.5) is 5.69 Å². The summed E-state index contributed by atoms with van der Waals surface area (Å²) in [6.07, 6.45) is 0.514. The van der Waals surface area contributed by atoms with E-state index in [1.54, 1.807) is 11.8 Å². The highest BCUT2D eigenvalue weighted by Gasteiger charge is 2.47. The maximum Gasteiger partial charge on any atom is 0.336 e. The van der Waals surface area contributed by atoms with Crippen molar-refractivity contribution < 1.29 is 23.9 Å². The second kappa shape index (κ2) is 11.1. The lowest BCUT2D eigenvalue weighted by atomic mass is 9.69. The average Bonchev–Trinajstić information content (AvgIpc) is 2.80. The first kappa shape index (κ1) is 25.9. The highest BCUT2D eigenvalue weighted by atomic mass is 32.2. The van der Waals surface area contributed by atoms with E-state index in [4.69, 9.17) is 9.47 Å². The fourth-order valence-corrected chi connectivity index (χ4v) is 5.15. The van der Waals surface area contributed by atoms with Crippen LogP contribution in [0.25, 0.3) is 0 Å². The summed E-state index contributed by atoms with van der Waals surface area (Å²) in [6, 6.07) is 7.78. The normalized spacial score (nSPS) is 22.2. The van der Waals surface area contributed by atoms with Crippen LogP contribution in [0.1, 0.15) is 38.7 Å². The van der Waals surface area contributed by atoms with E-state index in [9.17, 15) is 14.4 Å². The predicted octanol–water partition coefficient (Wildman–Crippen LogP) is 3.66. The van der Waals surface area contributed by atoms with Gasteiger partial charge >= 0.3 is 11.9 Å². The zero-order chi connectivity index (χ0) is 25.0. The van der Waals surface area contributed by atoms with Gasteiger partial charge in [0.2, 0.25) is 0 Å². The van der Waals surface area contributed by atoms with E-state index < -0.39 is 23.8 Å². The Balaban J connectivity index is 2.08. The molecule has 0 saturated heterocycles. The summed E-state index contributed by atoms with van der Waals surface area (Å²) in [7, 11) is 5.20. The van der Waals surface area contributed by atoms with Gasteiger partial charge in [0, 0.05) is 48.4 Å². The first-order valence-electron chi connectivity index (χ1n) is 11.6. The van der Waals surface area contributed by atoms with Gasteiger partial charge in [0.05, 0.1) is 12.7 Å². The largest absolute Gasteiger partial charge is 0.468 e. The summed E-state index contributed by atoms with van der Waals surface area (Å²) in [6.45, 7) is 6.06. The Kier molecular flexibility index (Phi) is 8.47. The maximum absolute atomic E-state index is 13.7. The minimum absolute atomic E-state index is 0.213. The van der Waals surface area contributed by atoms with Gasteiger partial charge in [-0.3, -0.25) is 9.59 Å². The molecule has 7 nitrogen and oxygen atoms in total. The lowest BCUT2D eigenvalue weighted by Gasteiger charge is -2.38. The quantitative estimate of drug-likeness (QED) is 0.339. The van der Waals surface area contributed by atoms with Gasteiger partial charge in [-0.2, -0.15) is 11.8 Å². The number of dihydropyridines is 1. The molecule has 1 heterocycles. The molecule has 0 amide bonds. The van der Waals surface area contributed by atoms with E-state index in [0.717, 1.165) is 22.7 Å². The highest BCUT2D eigenvalue weighted by molar-refractivity contribution is 7.99. The Morgan fingerprint density at radius 1 is 1.21 bits per heavy atom. The van der Waals surface area contributed by atoms with Crippen LogP contribution in [0.3, 0.4) is 0 Å². The molecule has 0 fully saturated rings. The Hall–Kier alpha value is -2.74. The van der Waals surface area contributed by atoms with Crippen LogP contribution in [0.5, 0.6) is 0 Å². The third kappa shape index (κ3) is 5.17. The fourth-order valence-electron chi connectivity index (χ4n) is 4.66. The number of nitrogens with one attached hydrogen (secondary N) is 1. The monoisotopic (exact) mass is 486 g/mol. The van der Waals surface area contributed by atoms with E-state index in [0.29, 0.717) is 35.6 Å². The molecule has 0 spiro atoms. The van der Waals surface area contributed by atoms with E-state index in [2.05, 4.69) is 12.2 Å². The van der Waals surface area contributed by atoms with Gasteiger partial charge in [-0.05, 0) is 42.7 Å². The smallest absolute Gasteiger partial charge is 0.336 e. The second-order valence-electron chi connectivity index (χ2n) is 8.85. The van der Waals surface area contributed by atoms with Crippen molar-refractivity contribution in [3.8, 4) is 0 Å². The molecular weight excluding hydrogens is 452 g/mol. The molecule has 1 aliphatic carbocycles. The number of thioether (sulfide) groups is 1. The SMILES string of the molecule is CCSCCOC(=O)C1=C(C)NC2=C(C(=O)[C@@H](C(=O)OC)[C@H](C)C2)[C@H]1c1ccc(N(C)C)cc1. The van der Waals surface area contributed by atoms with Crippen LogP contribution in [0.2, 0.25) is 0 Å². The number of hydrogen-bond donors (Lipinski definition) is 1. The molecule has 1 N–H and O–H groups in total. The molecule has 1 aromatic carbocycles. The van der Waals surface area contributed by atoms with Crippen molar-refractivity contribution in [3.63, 3.8) is 0 Å².